The zero-order chi connectivity index (χ0) is 16.8. The standard InChI is InChI=1S/C16H15IN2O4/c1-22-10-7-8-13(11(9-10)15(20)23-2)18-16(21)19-14-6-4-3-5-12(14)17/h3-9H,1-2H3,(H2,18,19,21). The number of carbonyl (C=O) groups excluding carboxylic acids is 2. The Morgan fingerprint density at radius 2 is 1.70 bits per heavy atom. The number of carbonyl (C=O) groups is 2. The Morgan fingerprint density at radius 1 is 1.00 bits per heavy atom. The predicted molar refractivity (Wildman–Crippen MR) is 96.1 cm³/mol. The number of amides is 2. The van der Waals surface area contributed by atoms with Crippen molar-refractivity contribution in [2.24, 2.45) is 0 Å². The van der Waals surface area contributed by atoms with Gasteiger partial charge in [-0.1, -0.05) is 12.1 Å². The second-order valence-electron chi connectivity index (χ2n) is 4.46. The highest BCUT2D eigenvalue weighted by atomic mass is 127. The van der Waals surface area contributed by atoms with Crippen LogP contribution in [0.5, 0.6) is 5.75 Å². The molecular formula is C16H15IN2O4. The van der Waals surface area contributed by atoms with E-state index >= 15 is 0 Å². The molecule has 0 fully saturated rings. The lowest BCUT2D eigenvalue weighted by molar-refractivity contribution is 0.0601. The fourth-order valence-corrected chi connectivity index (χ4v) is 2.40. The molecule has 0 aliphatic carbocycles. The molecule has 0 unspecified atom stereocenters. The normalized spacial score (nSPS) is 9.87. The summed E-state index contributed by atoms with van der Waals surface area (Å²) in [5.41, 5.74) is 1.23. The number of hydrogen-bond donors (Lipinski definition) is 2. The van der Waals surface area contributed by atoms with Crippen LogP contribution >= 0.6 is 22.6 Å². The Morgan fingerprint density at radius 3 is 2.35 bits per heavy atom. The highest BCUT2D eigenvalue weighted by Gasteiger charge is 2.15. The van der Waals surface area contributed by atoms with Crippen LogP contribution in [0.1, 0.15) is 10.4 Å². The van der Waals surface area contributed by atoms with Gasteiger partial charge in [-0.25, -0.2) is 9.59 Å². The van der Waals surface area contributed by atoms with E-state index in [2.05, 4.69) is 33.2 Å². The summed E-state index contributed by atoms with van der Waals surface area (Å²) in [6.07, 6.45) is 0. The molecule has 2 aromatic carbocycles. The topological polar surface area (TPSA) is 76.7 Å². The van der Waals surface area contributed by atoms with Crippen molar-refractivity contribution in [1.29, 1.82) is 0 Å². The average Bonchev–Trinajstić information content (AvgIpc) is 2.56. The molecule has 0 aliphatic heterocycles. The number of anilines is 2. The molecule has 2 aromatic rings. The summed E-state index contributed by atoms with van der Waals surface area (Å²) in [7, 11) is 2.77. The van der Waals surface area contributed by atoms with Gasteiger partial charge < -0.3 is 20.1 Å². The quantitative estimate of drug-likeness (QED) is 0.577. The number of nitrogens with one attached hydrogen (secondary N) is 2. The SMILES string of the molecule is COC(=O)c1cc(OC)ccc1NC(=O)Nc1ccccc1I. The molecular weight excluding hydrogens is 411 g/mol. The van der Waals surface area contributed by atoms with Gasteiger partial charge in [-0.2, -0.15) is 0 Å². The molecule has 0 atom stereocenters. The average molecular weight is 426 g/mol. The molecule has 6 nitrogen and oxygen atoms in total. The fraction of sp³-hybridized carbons (Fsp3) is 0.125. The van der Waals surface area contributed by atoms with E-state index in [0.29, 0.717) is 17.1 Å². The van der Waals surface area contributed by atoms with Crippen LogP contribution in [0.15, 0.2) is 42.5 Å². The minimum atomic E-state index is -0.562. The molecule has 0 radical (unpaired) electrons. The van der Waals surface area contributed by atoms with Crippen LogP contribution < -0.4 is 15.4 Å². The molecule has 0 bridgehead atoms. The molecule has 0 saturated heterocycles. The van der Waals surface area contributed by atoms with Gasteiger partial charge in [0.2, 0.25) is 0 Å². The summed E-state index contributed by atoms with van der Waals surface area (Å²) in [5.74, 6) is -0.0672. The van der Waals surface area contributed by atoms with E-state index in [1.807, 2.05) is 18.2 Å². The molecule has 2 N–H and O–H groups in total. The number of para-hydroxylation sites is 1. The van der Waals surface area contributed by atoms with E-state index < -0.39 is 12.0 Å². The highest BCUT2D eigenvalue weighted by molar-refractivity contribution is 14.1. The largest absolute Gasteiger partial charge is 0.497 e. The van der Waals surface area contributed by atoms with Gasteiger partial charge in [-0.3, -0.25) is 0 Å². The number of esters is 1. The summed E-state index contributed by atoms with van der Waals surface area (Å²) in [5, 5.41) is 5.37. The van der Waals surface area contributed by atoms with Crippen molar-refractivity contribution in [3.8, 4) is 5.75 Å². The summed E-state index contributed by atoms with van der Waals surface area (Å²) < 4.78 is 10.7. The van der Waals surface area contributed by atoms with Crippen LogP contribution in [0.25, 0.3) is 0 Å². The van der Waals surface area contributed by atoms with Crippen LogP contribution in [0.3, 0.4) is 0 Å². The van der Waals surface area contributed by atoms with E-state index in [1.54, 1.807) is 18.2 Å². The first kappa shape index (κ1) is 17.1. The molecule has 0 spiro atoms. The van der Waals surface area contributed by atoms with Gasteiger partial charge >= 0.3 is 12.0 Å². The first-order valence-corrected chi connectivity index (χ1v) is 7.72. The number of ether oxygens (including phenoxy) is 2. The Labute approximate surface area is 147 Å². The van der Waals surface area contributed by atoms with E-state index in [4.69, 9.17) is 9.47 Å². The molecule has 23 heavy (non-hydrogen) atoms. The zero-order valence-electron chi connectivity index (χ0n) is 12.6. The van der Waals surface area contributed by atoms with E-state index in [-0.39, 0.29) is 5.56 Å². The van der Waals surface area contributed by atoms with Crippen molar-refractivity contribution in [3.63, 3.8) is 0 Å². The molecule has 0 saturated carbocycles. The Bertz CT molecular complexity index is 734. The lowest BCUT2D eigenvalue weighted by Crippen LogP contribution is -2.21. The maximum absolute atomic E-state index is 12.1. The third-order valence-electron chi connectivity index (χ3n) is 3.00. The smallest absolute Gasteiger partial charge is 0.340 e. The van der Waals surface area contributed by atoms with Crippen molar-refractivity contribution < 1.29 is 19.1 Å². The Kier molecular flexibility index (Phi) is 5.80. The number of rotatable bonds is 4. The van der Waals surface area contributed by atoms with Gasteiger partial charge in [-0.15, -0.1) is 0 Å². The second kappa shape index (κ2) is 7.82. The number of methoxy groups -OCH3 is 2. The molecule has 7 heteroatoms. The van der Waals surface area contributed by atoms with E-state index in [9.17, 15) is 9.59 Å². The van der Waals surface area contributed by atoms with Crippen LogP contribution in [0, 0.1) is 3.57 Å². The summed E-state index contributed by atoms with van der Waals surface area (Å²) in [6.45, 7) is 0. The van der Waals surface area contributed by atoms with Crippen molar-refractivity contribution in [2.75, 3.05) is 24.9 Å². The minimum Gasteiger partial charge on any atom is -0.497 e. The molecule has 2 amide bonds. The number of urea groups is 1. The predicted octanol–water partition coefficient (Wildman–Crippen LogP) is 3.73. The first-order chi connectivity index (χ1) is 11.0. The Hall–Kier alpha value is -2.29. The number of hydrogen-bond acceptors (Lipinski definition) is 4. The van der Waals surface area contributed by atoms with Gasteiger partial charge in [0.05, 0.1) is 31.2 Å². The monoisotopic (exact) mass is 426 g/mol. The fourth-order valence-electron chi connectivity index (χ4n) is 1.88. The highest BCUT2D eigenvalue weighted by Crippen LogP contribution is 2.23. The molecule has 0 aromatic heterocycles. The second-order valence-corrected chi connectivity index (χ2v) is 5.62. The van der Waals surface area contributed by atoms with Gasteiger partial charge in [-0.05, 0) is 52.9 Å². The Balaban J connectivity index is 2.20. The van der Waals surface area contributed by atoms with Gasteiger partial charge in [0.15, 0.2) is 0 Å². The van der Waals surface area contributed by atoms with E-state index in [1.165, 1.54) is 20.3 Å². The maximum Gasteiger partial charge on any atom is 0.340 e. The third-order valence-corrected chi connectivity index (χ3v) is 3.94. The summed E-state index contributed by atoms with van der Waals surface area (Å²) >= 11 is 2.12. The number of benzene rings is 2. The summed E-state index contributed by atoms with van der Waals surface area (Å²) in [4.78, 5) is 24.0. The molecule has 0 heterocycles. The molecule has 120 valence electrons. The van der Waals surface area contributed by atoms with E-state index in [0.717, 1.165) is 3.57 Å². The minimum absolute atomic E-state index is 0.213. The number of halogens is 1. The van der Waals surface area contributed by atoms with Crippen LogP contribution in [-0.2, 0) is 4.74 Å². The van der Waals surface area contributed by atoms with Gasteiger partial charge in [0, 0.05) is 3.57 Å². The zero-order valence-corrected chi connectivity index (χ0v) is 14.7. The van der Waals surface area contributed by atoms with Crippen molar-refractivity contribution in [1.82, 2.24) is 0 Å². The van der Waals surface area contributed by atoms with Crippen molar-refractivity contribution in [3.05, 3.63) is 51.6 Å². The van der Waals surface area contributed by atoms with Crippen LogP contribution in [0.4, 0.5) is 16.2 Å². The van der Waals surface area contributed by atoms with Crippen molar-refractivity contribution in [2.45, 2.75) is 0 Å². The first-order valence-electron chi connectivity index (χ1n) is 6.64. The lowest BCUT2D eigenvalue weighted by atomic mass is 10.1. The molecule has 0 aliphatic rings. The van der Waals surface area contributed by atoms with Crippen LogP contribution in [-0.4, -0.2) is 26.2 Å². The third kappa shape index (κ3) is 4.35. The van der Waals surface area contributed by atoms with Gasteiger partial charge in [0.25, 0.3) is 0 Å². The van der Waals surface area contributed by atoms with Crippen molar-refractivity contribution >= 4 is 46.0 Å². The van der Waals surface area contributed by atoms with Crippen LogP contribution in [0.2, 0.25) is 0 Å². The maximum atomic E-state index is 12.1. The lowest BCUT2D eigenvalue weighted by Gasteiger charge is -2.12. The van der Waals surface area contributed by atoms with Gasteiger partial charge in [0.1, 0.15) is 5.75 Å². The molecule has 2 rings (SSSR count). The summed E-state index contributed by atoms with van der Waals surface area (Å²) in [6, 6.07) is 11.7.